The monoisotopic (exact) mass is 477 g/mol. The van der Waals surface area contributed by atoms with Crippen molar-refractivity contribution in [2.24, 2.45) is 0 Å². The van der Waals surface area contributed by atoms with Crippen LogP contribution in [-0.2, 0) is 0 Å². The van der Waals surface area contributed by atoms with E-state index in [-0.39, 0.29) is 23.9 Å². The highest BCUT2D eigenvalue weighted by molar-refractivity contribution is 7.13. The maximum absolute atomic E-state index is 15.4. The van der Waals surface area contributed by atoms with Crippen molar-refractivity contribution in [2.75, 3.05) is 4.90 Å². The minimum atomic E-state index is -0.942. The lowest BCUT2D eigenvalue weighted by Gasteiger charge is -2.47. The molecule has 1 aliphatic carbocycles. The largest absolute Gasteiger partial charge is 0.507 e. The molecule has 2 saturated heterocycles. The number of rotatable bonds is 5. The topological polar surface area (TPSA) is 111 Å². The number of phenolic OH excluding ortho intramolecular Hbond substituents is 1. The van der Waals surface area contributed by atoms with E-state index < -0.39 is 6.17 Å². The van der Waals surface area contributed by atoms with E-state index in [1.54, 1.807) is 23.7 Å². The highest BCUT2D eigenvalue weighted by atomic mass is 32.1. The van der Waals surface area contributed by atoms with Crippen molar-refractivity contribution in [2.45, 2.75) is 68.9 Å². The van der Waals surface area contributed by atoms with E-state index >= 15 is 4.39 Å². The van der Waals surface area contributed by atoms with Crippen molar-refractivity contribution < 1.29 is 9.50 Å². The second-order valence-corrected chi connectivity index (χ2v) is 10.2. The Morgan fingerprint density at radius 2 is 2.09 bits per heavy atom. The van der Waals surface area contributed by atoms with Crippen molar-refractivity contribution >= 4 is 17.2 Å². The lowest BCUT2D eigenvalue weighted by Crippen LogP contribution is -2.62. The molecule has 2 aliphatic heterocycles. The Morgan fingerprint density at radius 3 is 2.79 bits per heavy atom. The molecule has 10 heteroatoms. The number of nitrogens with zero attached hydrogens (tertiary/aromatic N) is 6. The molecule has 6 rings (SSSR count). The van der Waals surface area contributed by atoms with Crippen LogP contribution in [0.15, 0.2) is 29.8 Å². The SMILES string of the molecule is N#Cc1csc(-c2ccc(-c3ncc(N(C4CC4)[C@H]4C[C@H]5CCC[C@H](N5)[C@H]4F)nn3)c(O)c2)n1. The van der Waals surface area contributed by atoms with Gasteiger partial charge in [0.1, 0.15) is 23.0 Å². The van der Waals surface area contributed by atoms with Crippen LogP contribution >= 0.6 is 11.3 Å². The van der Waals surface area contributed by atoms with Crippen LogP contribution in [0.3, 0.4) is 0 Å². The summed E-state index contributed by atoms with van der Waals surface area (Å²) in [7, 11) is 0. The van der Waals surface area contributed by atoms with Crippen LogP contribution in [0.25, 0.3) is 22.0 Å². The molecule has 2 aromatic heterocycles. The summed E-state index contributed by atoms with van der Waals surface area (Å²) >= 11 is 1.34. The van der Waals surface area contributed by atoms with E-state index in [1.807, 2.05) is 12.1 Å². The molecule has 3 aliphatic rings. The highest BCUT2D eigenvalue weighted by Crippen LogP contribution is 2.39. The normalized spacial score (nSPS) is 26.1. The Morgan fingerprint density at radius 1 is 1.21 bits per heavy atom. The van der Waals surface area contributed by atoms with Gasteiger partial charge in [0.05, 0.1) is 17.8 Å². The second-order valence-electron chi connectivity index (χ2n) is 9.31. The zero-order valence-electron chi connectivity index (χ0n) is 18.4. The summed E-state index contributed by atoms with van der Waals surface area (Å²) < 4.78 is 15.4. The first-order valence-corrected chi connectivity index (χ1v) is 12.6. The number of nitriles is 1. The molecule has 0 unspecified atom stereocenters. The molecular formula is C24H24FN7OS. The molecule has 174 valence electrons. The Balaban J connectivity index is 1.25. The molecule has 8 nitrogen and oxygen atoms in total. The average Bonchev–Trinajstić information content (AvgIpc) is 3.57. The summed E-state index contributed by atoms with van der Waals surface area (Å²) in [6.45, 7) is 0. The molecule has 0 amide bonds. The fraction of sp³-hybridized carbons (Fsp3) is 0.458. The van der Waals surface area contributed by atoms with Gasteiger partial charge in [-0.2, -0.15) is 5.26 Å². The van der Waals surface area contributed by atoms with Gasteiger partial charge in [-0.15, -0.1) is 21.5 Å². The van der Waals surface area contributed by atoms with Crippen LogP contribution in [-0.4, -0.2) is 55.6 Å². The minimum Gasteiger partial charge on any atom is -0.507 e. The summed E-state index contributed by atoms with van der Waals surface area (Å²) in [6.07, 6.45) is 6.59. The van der Waals surface area contributed by atoms with Gasteiger partial charge in [0, 0.05) is 29.1 Å². The number of nitrogens with one attached hydrogen (secondary N) is 1. The molecule has 2 N–H and O–H groups in total. The third-order valence-electron chi connectivity index (χ3n) is 7.01. The number of anilines is 1. The van der Waals surface area contributed by atoms with Crippen LogP contribution in [0.1, 0.15) is 44.2 Å². The Bertz CT molecular complexity index is 1240. The highest BCUT2D eigenvalue weighted by Gasteiger charge is 2.46. The summed E-state index contributed by atoms with van der Waals surface area (Å²) in [5, 5.41) is 34.1. The van der Waals surface area contributed by atoms with Gasteiger partial charge in [-0.05, 0) is 44.2 Å². The Kier molecular flexibility index (Phi) is 5.38. The number of aromatic nitrogens is 4. The van der Waals surface area contributed by atoms with E-state index in [1.165, 1.54) is 11.3 Å². The van der Waals surface area contributed by atoms with E-state index in [0.717, 1.165) is 38.5 Å². The average molecular weight is 478 g/mol. The van der Waals surface area contributed by atoms with Crippen molar-refractivity contribution in [3.8, 4) is 33.8 Å². The standard InChI is InChI=1S/C24H24FN7OS/c25-22-18-3-1-2-14(28-18)9-19(22)32(16-5-6-16)21-11-27-23(31-30-21)17-7-4-13(8-20(17)33)24-29-15(10-26)12-34-24/h4,7-8,11-12,14,16,18-19,22,28,33H,1-3,5-6,9H2/t14-,18+,19+,22-/m1/s1. The van der Waals surface area contributed by atoms with Crippen LogP contribution in [0.5, 0.6) is 5.75 Å². The van der Waals surface area contributed by atoms with Crippen LogP contribution in [0.4, 0.5) is 10.2 Å². The van der Waals surface area contributed by atoms with Gasteiger partial charge < -0.3 is 15.3 Å². The number of alkyl halides is 1. The molecule has 3 aromatic rings. The van der Waals surface area contributed by atoms with Crippen molar-refractivity contribution in [1.82, 2.24) is 25.5 Å². The number of thiazole rings is 1. The number of phenols is 1. The number of hydrogen-bond acceptors (Lipinski definition) is 9. The van der Waals surface area contributed by atoms with Gasteiger partial charge in [0.15, 0.2) is 17.3 Å². The molecule has 2 bridgehead atoms. The summed E-state index contributed by atoms with van der Waals surface area (Å²) in [5.74, 6) is 0.913. The molecule has 34 heavy (non-hydrogen) atoms. The summed E-state index contributed by atoms with van der Waals surface area (Å²) in [6, 6.07) is 7.47. The third-order valence-corrected chi connectivity index (χ3v) is 7.90. The van der Waals surface area contributed by atoms with Gasteiger partial charge >= 0.3 is 0 Å². The maximum Gasteiger partial charge on any atom is 0.185 e. The molecule has 0 radical (unpaired) electrons. The first-order chi connectivity index (χ1) is 16.6. The number of hydrogen-bond donors (Lipinski definition) is 2. The quantitative estimate of drug-likeness (QED) is 0.570. The van der Waals surface area contributed by atoms with Crippen molar-refractivity contribution in [1.29, 1.82) is 5.26 Å². The Hall–Kier alpha value is -3.16. The van der Waals surface area contributed by atoms with E-state index in [9.17, 15) is 5.11 Å². The van der Waals surface area contributed by atoms with E-state index in [0.29, 0.717) is 39.5 Å². The lowest BCUT2D eigenvalue weighted by molar-refractivity contribution is 0.104. The number of benzene rings is 1. The smallest absolute Gasteiger partial charge is 0.185 e. The fourth-order valence-corrected chi connectivity index (χ4v) is 5.99. The zero-order chi connectivity index (χ0) is 23.2. The van der Waals surface area contributed by atoms with Crippen LogP contribution in [0.2, 0.25) is 0 Å². The second kappa shape index (κ2) is 8.56. The third kappa shape index (κ3) is 3.89. The van der Waals surface area contributed by atoms with Crippen LogP contribution < -0.4 is 10.2 Å². The van der Waals surface area contributed by atoms with Crippen LogP contribution in [0, 0.1) is 11.3 Å². The predicted molar refractivity (Wildman–Crippen MR) is 126 cm³/mol. The maximum atomic E-state index is 15.4. The predicted octanol–water partition coefficient (Wildman–Crippen LogP) is 3.83. The van der Waals surface area contributed by atoms with E-state index in [4.69, 9.17) is 5.26 Å². The van der Waals surface area contributed by atoms with E-state index in [2.05, 4.69) is 30.4 Å². The summed E-state index contributed by atoms with van der Waals surface area (Å²) in [4.78, 5) is 10.8. The summed E-state index contributed by atoms with van der Waals surface area (Å²) in [5.41, 5.74) is 1.51. The number of piperidine rings is 2. The van der Waals surface area contributed by atoms with Gasteiger partial charge in [-0.1, -0.05) is 12.5 Å². The fourth-order valence-electron chi connectivity index (χ4n) is 5.25. The molecule has 4 atom stereocenters. The minimum absolute atomic E-state index is 0.00908. The molecule has 1 aromatic carbocycles. The number of halogens is 1. The Labute approximate surface area is 200 Å². The van der Waals surface area contributed by atoms with Crippen molar-refractivity contribution in [3.63, 3.8) is 0 Å². The molecule has 3 fully saturated rings. The lowest BCUT2D eigenvalue weighted by atomic mass is 9.82. The molecule has 1 saturated carbocycles. The van der Waals surface area contributed by atoms with Crippen molar-refractivity contribution in [3.05, 3.63) is 35.5 Å². The molecule has 0 spiro atoms. The van der Waals surface area contributed by atoms with Gasteiger partial charge in [-0.3, -0.25) is 0 Å². The van der Waals surface area contributed by atoms with Gasteiger partial charge in [0.25, 0.3) is 0 Å². The number of fused-ring (bicyclic) bond motifs is 2. The first-order valence-electron chi connectivity index (χ1n) is 11.7. The molecular weight excluding hydrogens is 453 g/mol. The molecule has 4 heterocycles. The first kappa shape index (κ1) is 21.4. The van der Waals surface area contributed by atoms with Gasteiger partial charge in [-0.25, -0.2) is 14.4 Å². The van der Waals surface area contributed by atoms with Gasteiger partial charge in [0.2, 0.25) is 0 Å². The zero-order valence-corrected chi connectivity index (χ0v) is 19.2. The number of aromatic hydroxyl groups is 1.